The third kappa shape index (κ3) is 4.70. The summed E-state index contributed by atoms with van der Waals surface area (Å²) in [5.41, 5.74) is 19.2. The molecule has 0 saturated heterocycles. The molecule has 50 heavy (non-hydrogen) atoms. The summed E-state index contributed by atoms with van der Waals surface area (Å²) in [6.07, 6.45) is 2.34. The molecule has 2 nitrogen and oxygen atoms in total. The third-order valence-corrected chi connectivity index (χ3v) is 11.9. The highest BCUT2D eigenvalue weighted by atomic mass is 15.2. The molecule has 6 aromatic rings. The van der Waals surface area contributed by atoms with E-state index in [0.29, 0.717) is 0 Å². The molecule has 3 heteroatoms. The fourth-order valence-electron chi connectivity index (χ4n) is 8.91. The molecule has 0 saturated carbocycles. The summed E-state index contributed by atoms with van der Waals surface area (Å²) in [6.45, 7) is 14.4. The zero-order valence-electron chi connectivity index (χ0n) is 30.1. The standard InChI is InChI=1S/C47H44BN2/c1-45(2)24-25-46(3,4)38-29-40(49-32-18-11-8-12-19-32)33(28-37(38)45)34-26-31(30-16-9-7-10-17-30)27-42-43(34)48-39-22-15-21-36-44(39)50(42)41-23-14-13-20-35(41)47(36,5)6/h7-23,26-29,49H,24-25H2,1-6H3. The lowest BCUT2D eigenvalue weighted by atomic mass is 9.55. The fraction of sp³-hybridized carbons (Fsp3) is 0.234. The van der Waals surface area contributed by atoms with E-state index in [1.807, 2.05) is 0 Å². The third-order valence-electron chi connectivity index (χ3n) is 11.9. The summed E-state index contributed by atoms with van der Waals surface area (Å²) in [7, 11) is 2.46. The molecule has 0 fully saturated rings. The SMILES string of the molecule is CC1(C)CCC(C)(C)c2cc(-c3cc(-c4ccccc4)cc4c3[B]c3cccc5c3N4c3ccccc3C5(C)C)c(Nc3ccccc3)cc21. The van der Waals surface area contributed by atoms with E-state index in [1.165, 1.54) is 85.3 Å². The fourth-order valence-corrected chi connectivity index (χ4v) is 8.91. The van der Waals surface area contributed by atoms with E-state index in [9.17, 15) is 0 Å². The van der Waals surface area contributed by atoms with E-state index in [4.69, 9.17) is 0 Å². The molecule has 3 aliphatic rings. The minimum absolute atomic E-state index is 0.0740. The molecule has 1 radical (unpaired) electrons. The first-order valence-electron chi connectivity index (χ1n) is 18.2. The number of hydrogen-bond acceptors (Lipinski definition) is 2. The molecule has 0 bridgehead atoms. The number of rotatable bonds is 4. The maximum Gasteiger partial charge on any atom is 0.197 e. The van der Waals surface area contributed by atoms with Crippen LogP contribution in [0, 0.1) is 0 Å². The van der Waals surface area contributed by atoms with Crippen LogP contribution in [0.15, 0.2) is 127 Å². The lowest BCUT2D eigenvalue weighted by molar-refractivity contribution is 0.332. The number of benzene rings is 6. The van der Waals surface area contributed by atoms with Crippen molar-refractivity contribution in [2.45, 2.75) is 70.6 Å². The summed E-state index contributed by atoms with van der Waals surface area (Å²) in [6, 6.07) is 47.3. The highest BCUT2D eigenvalue weighted by Crippen LogP contribution is 2.54. The van der Waals surface area contributed by atoms with Gasteiger partial charge in [0.15, 0.2) is 7.28 Å². The number of nitrogens with zero attached hydrogens (tertiary/aromatic N) is 1. The molecule has 0 aromatic heterocycles. The Labute approximate surface area is 298 Å². The second-order valence-electron chi connectivity index (χ2n) is 16.4. The maximum atomic E-state index is 3.92. The Balaban J connectivity index is 1.37. The van der Waals surface area contributed by atoms with Crippen molar-refractivity contribution in [2.75, 3.05) is 10.2 Å². The Morgan fingerprint density at radius 3 is 1.92 bits per heavy atom. The molecule has 0 atom stereocenters. The van der Waals surface area contributed by atoms with E-state index in [-0.39, 0.29) is 16.2 Å². The van der Waals surface area contributed by atoms with E-state index >= 15 is 0 Å². The van der Waals surface area contributed by atoms with Crippen LogP contribution in [0.25, 0.3) is 22.3 Å². The van der Waals surface area contributed by atoms with Crippen molar-refractivity contribution < 1.29 is 0 Å². The normalized spacial score (nSPS) is 17.0. The van der Waals surface area contributed by atoms with Gasteiger partial charge in [-0.25, -0.2) is 0 Å². The number of hydrogen-bond donors (Lipinski definition) is 1. The van der Waals surface area contributed by atoms with E-state index in [1.54, 1.807) is 0 Å². The number of fused-ring (bicyclic) bond motifs is 5. The zero-order valence-corrected chi connectivity index (χ0v) is 30.1. The van der Waals surface area contributed by atoms with E-state index in [2.05, 4.69) is 186 Å². The van der Waals surface area contributed by atoms with Crippen LogP contribution in [0.4, 0.5) is 28.4 Å². The lowest BCUT2D eigenvalue weighted by Crippen LogP contribution is -2.45. The van der Waals surface area contributed by atoms with Crippen LogP contribution in [0.3, 0.4) is 0 Å². The van der Waals surface area contributed by atoms with Crippen LogP contribution >= 0.6 is 0 Å². The average molecular weight is 648 g/mol. The maximum absolute atomic E-state index is 3.92. The van der Waals surface area contributed by atoms with Crippen molar-refractivity contribution in [1.29, 1.82) is 0 Å². The van der Waals surface area contributed by atoms with Gasteiger partial charge in [0.1, 0.15) is 0 Å². The lowest BCUT2D eigenvalue weighted by Gasteiger charge is -2.46. The van der Waals surface area contributed by atoms with Crippen LogP contribution in [0.1, 0.15) is 76.6 Å². The van der Waals surface area contributed by atoms with Gasteiger partial charge in [-0.1, -0.05) is 132 Å². The molecule has 2 heterocycles. The molecule has 1 N–H and O–H groups in total. The Morgan fingerprint density at radius 2 is 1.18 bits per heavy atom. The molecule has 1 aliphatic carbocycles. The van der Waals surface area contributed by atoms with Crippen LogP contribution in [0.5, 0.6) is 0 Å². The predicted molar refractivity (Wildman–Crippen MR) is 214 cm³/mol. The topological polar surface area (TPSA) is 15.3 Å². The highest BCUT2D eigenvalue weighted by molar-refractivity contribution is 6.73. The quantitative estimate of drug-likeness (QED) is 0.191. The van der Waals surface area contributed by atoms with Gasteiger partial charge >= 0.3 is 0 Å². The van der Waals surface area contributed by atoms with Crippen LogP contribution < -0.4 is 21.1 Å². The second-order valence-corrected chi connectivity index (χ2v) is 16.4. The van der Waals surface area contributed by atoms with Crippen molar-refractivity contribution in [3.8, 4) is 22.3 Å². The van der Waals surface area contributed by atoms with Gasteiger partial charge < -0.3 is 10.2 Å². The molecule has 6 aromatic carbocycles. The molecular weight excluding hydrogens is 603 g/mol. The smallest absolute Gasteiger partial charge is 0.197 e. The van der Waals surface area contributed by atoms with Crippen molar-refractivity contribution in [3.05, 3.63) is 150 Å². The van der Waals surface area contributed by atoms with Gasteiger partial charge in [-0.05, 0) is 111 Å². The van der Waals surface area contributed by atoms with Gasteiger partial charge in [-0.15, -0.1) is 0 Å². The van der Waals surface area contributed by atoms with Gasteiger partial charge in [-0.3, -0.25) is 0 Å². The van der Waals surface area contributed by atoms with Crippen LogP contribution in [-0.2, 0) is 16.2 Å². The largest absolute Gasteiger partial charge is 0.355 e. The first kappa shape index (κ1) is 31.0. The van der Waals surface area contributed by atoms with Crippen LogP contribution in [0.2, 0.25) is 0 Å². The Hall–Kier alpha value is -5.02. The Morgan fingerprint density at radius 1 is 0.540 bits per heavy atom. The number of nitrogens with one attached hydrogen (secondary N) is 1. The number of para-hydroxylation sites is 3. The monoisotopic (exact) mass is 647 g/mol. The summed E-state index contributed by atoms with van der Waals surface area (Å²) >= 11 is 0. The Kier molecular flexibility index (Phi) is 6.82. The molecule has 9 rings (SSSR count). The van der Waals surface area contributed by atoms with Crippen molar-refractivity contribution >= 4 is 46.6 Å². The van der Waals surface area contributed by atoms with E-state index < -0.39 is 0 Å². The highest BCUT2D eigenvalue weighted by Gasteiger charge is 2.42. The van der Waals surface area contributed by atoms with Gasteiger partial charge in [0.05, 0.1) is 5.69 Å². The second kappa shape index (κ2) is 11.0. The van der Waals surface area contributed by atoms with Gasteiger partial charge in [0.25, 0.3) is 0 Å². The van der Waals surface area contributed by atoms with Crippen LogP contribution in [-0.4, -0.2) is 7.28 Å². The molecule has 0 spiro atoms. The molecule has 245 valence electrons. The predicted octanol–water partition coefficient (Wildman–Crippen LogP) is 11.2. The first-order chi connectivity index (χ1) is 24.0. The molecule has 0 amide bonds. The minimum atomic E-state index is -0.118. The van der Waals surface area contributed by atoms with Crippen molar-refractivity contribution in [2.24, 2.45) is 0 Å². The van der Waals surface area contributed by atoms with E-state index in [0.717, 1.165) is 11.4 Å². The Bertz CT molecular complexity index is 2300. The van der Waals surface area contributed by atoms with Gasteiger partial charge in [-0.2, -0.15) is 0 Å². The summed E-state index contributed by atoms with van der Waals surface area (Å²) in [5.74, 6) is 0. The molecule has 2 aliphatic heterocycles. The van der Waals surface area contributed by atoms with Gasteiger partial charge in [0.2, 0.25) is 0 Å². The summed E-state index contributed by atoms with van der Waals surface area (Å²) in [4.78, 5) is 2.56. The molecule has 0 unspecified atom stereocenters. The minimum Gasteiger partial charge on any atom is -0.355 e. The zero-order chi connectivity index (χ0) is 34.4. The first-order valence-corrected chi connectivity index (χ1v) is 18.2. The molecular formula is C47H44BN2. The average Bonchev–Trinajstić information content (AvgIpc) is 3.12. The van der Waals surface area contributed by atoms with Crippen molar-refractivity contribution in [1.82, 2.24) is 0 Å². The summed E-state index contributed by atoms with van der Waals surface area (Å²) in [5, 5.41) is 3.92. The van der Waals surface area contributed by atoms with Gasteiger partial charge in [0, 0.05) is 33.7 Å². The summed E-state index contributed by atoms with van der Waals surface area (Å²) < 4.78 is 0. The number of anilines is 5. The van der Waals surface area contributed by atoms with Crippen molar-refractivity contribution in [3.63, 3.8) is 0 Å².